The third-order valence-corrected chi connectivity index (χ3v) is 2.47. The van der Waals surface area contributed by atoms with Crippen LogP contribution in [0, 0.1) is 0 Å². The number of carboxylic acid groups (broad SMARTS) is 1. The van der Waals surface area contributed by atoms with Crippen molar-refractivity contribution in [2.75, 3.05) is 18.5 Å². The number of amides is 1. The number of carbonyl (C=O) groups excluding carboxylic acids is 1. The average Bonchev–Trinajstić information content (AvgIpc) is 2.43. The molecule has 6 nitrogen and oxygen atoms in total. The summed E-state index contributed by atoms with van der Waals surface area (Å²) in [5.41, 5.74) is 1.71. The molecule has 0 bridgehead atoms. The molecule has 0 heterocycles. The Labute approximate surface area is 117 Å². The van der Waals surface area contributed by atoms with E-state index >= 15 is 0 Å². The van der Waals surface area contributed by atoms with Crippen LogP contribution in [0.2, 0.25) is 0 Å². The maximum Gasteiger partial charge on any atom is 0.505 e. The van der Waals surface area contributed by atoms with E-state index in [1.165, 1.54) is 0 Å². The quantitative estimate of drug-likeness (QED) is 0.592. The molecule has 6 heteroatoms. The van der Waals surface area contributed by atoms with Gasteiger partial charge in [0.15, 0.2) is 0 Å². The third kappa shape index (κ3) is 6.63. The van der Waals surface area contributed by atoms with Crippen molar-refractivity contribution in [2.24, 2.45) is 0 Å². The van der Waals surface area contributed by atoms with Crippen LogP contribution < -0.4 is 5.32 Å². The molecule has 0 spiro atoms. The van der Waals surface area contributed by atoms with Gasteiger partial charge in [-0.15, -0.1) is 0 Å². The molecule has 0 aromatic heterocycles. The third-order valence-electron chi connectivity index (χ3n) is 2.47. The molecular weight excluding hydrogens is 262 g/mol. The van der Waals surface area contributed by atoms with Crippen molar-refractivity contribution in [1.82, 2.24) is 0 Å². The number of nitrogens with one attached hydrogen (secondary N) is 1. The summed E-state index contributed by atoms with van der Waals surface area (Å²) in [5, 5.41) is 10.9. The van der Waals surface area contributed by atoms with Crippen LogP contribution in [0.5, 0.6) is 0 Å². The predicted molar refractivity (Wildman–Crippen MR) is 74.0 cm³/mol. The van der Waals surface area contributed by atoms with Crippen LogP contribution in [0.4, 0.5) is 15.3 Å². The fourth-order valence-corrected chi connectivity index (χ4v) is 1.54. The van der Waals surface area contributed by atoms with Crippen LogP contribution in [-0.2, 0) is 15.9 Å². The van der Waals surface area contributed by atoms with Crippen molar-refractivity contribution in [2.45, 2.75) is 26.2 Å². The molecule has 0 saturated heterocycles. The van der Waals surface area contributed by atoms with Crippen molar-refractivity contribution < 1.29 is 24.2 Å². The first-order valence-electron chi connectivity index (χ1n) is 6.50. The fourth-order valence-electron chi connectivity index (χ4n) is 1.54. The molecule has 1 rings (SSSR count). The molecule has 0 aliphatic rings. The van der Waals surface area contributed by atoms with Gasteiger partial charge in [0.25, 0.3) is 0 Å². The van der Waals surface area contributed by atoms with Crippen LogP contribution >= 0.6 is 0 Å². The SMILES string of the molecule is CCCOC(=O)Nc1ccc(CCCOC(=O)O)cc1. The van der Waals surface area contributed by atoms with Crippen LogP contribution in [0.3, 0.4) is 0 Å². The minimum atomic E-state index is -1.25. The molecule has 0 saturated carbocycles. The zero-order chi connectivity index (χ0) is 14.8. The van der Waals surface area contributed by atoms with Crippen molar-refractivity contribution in [3.05, 3.63) is 29.8 Å². The highest BCUT2D eigenvalue weighted by molar-refractivity contribution is 5.84. The maximum absolute atomic E-state index is 11.3. The zero-order valence-electron chi connectivity index (χ0n) is 11.4. The summed E-state index contributed by atoms with van der Waals surface area (Å²) in [6.07, 6.45) is 0.403. The van der Waals surface area contributed by atoms with Crippen molar-refractivity contribution in [1.29, 1.82) is 0 Å². The molecule has 0 aliphatic heterocycles. The Morgan fingerprint density at radius 2 is 1.85 bits per heavy atom. The number of carbonyl (C=O) groups is 2. The molecule has 0 fully saturated rings. The van der Waals surface area contributed by atoms with Gasteiger partial charge in [-0.05, 0) is 37.0 Å². The zero-order valence-corrected chi connectivity index (χ0v) is 11.4. The molecule has 0 aliphatic carbocycles. The van der Waals surface area contributed by atoms with Gasteiger partial charge < -0.3 is 14.6 Å². The van der Waals surface area contributed by atoms with E-state index in [0.29, 0.717) is 25.1 Å². The van der Waals surface area contributed by atoms with Gasteiger partial charge in [0.1, 0.15) is 0 Å². The monoisotopic (exact) mass is 281 g/mol. The highest BCUT2D eigenvalue weighted by atomic mass is 16.7. The molecule has 1 amide bonds. The van der Waals surface area contributed by atoms with E-state index in [0.717, 1.165) is 12.0 Å². The Morgan fingerprint density at radius 1 is 1.15 bits per heavy atom. The van der Waals surface area contributed by atoms with Crippen LogP contribution in [0.1, 0.15) is 25.3 Å². The molecule has 2 N–H and O–H groups in total. The molecule has 1 aromatic carbocycles. The van der Waals surface area contributed by atoms with E-state index in [9.17, 15) is 9.59 Å². The first-order chi connectivity index (χ1) is 9.61. The predicted octanol–water partition coefficient (Wildman–Crippen LogP) is 3.27. The largest absolute Gasteiger partial charge is 0.505 e. The van der Waals surface area contributed by atoms with Gasteiger partial charge in [-0.3, -0.25) is 5.32 Å². The summed E-state index contributed by atoms with van der Waals surface area (Å²) < 4.78 is 9.33. The highest BCUT2D eigenvalue weighted by Crippen LogP contribution is 2.11. The Morgan fingerprint density at radius 3 is 2.45 bits per heavy atom. The number of benzene rings is 1. The second-order valence-electron chi connectivity index (χ2n) is 4.18. The van der Waals surface area contributed by atoms with Crippen molar-refractivity contribution in [3.8, 4) is 0 Å². The van der Waals surface area contributed by atoms with Crippen LogP contribution in [0.15, 0.2) is 24.3 Å². The second-order valence-corrected chi connectivity index (χ2v) is 4.18. The summed E-state index contributed by atoms with van der Waals surface area (Å²) in [4.78, 5) is 21.5. The lowest BCUT2D eigenvalue weighted by Crippen LogP contribution is -2.13. The van der Waals surface area contributed by atoms with Gasteiger partial charge in [-0.1, -0.05) is 19.1 Å². The van der Waals surface area contributed by atoms with Crippen LogP contribution in [-0.4, -0.2) is 30.6 Å². The fraction of sp³-hybridized carbons (Fsp3) is 0.429. The molecule has 110 valence electrons. The lowest BCUT2D eigenvalue weighted by atomic mass is 10.1. The Balaban J connectivity index is 2.32. The van der Waals surface area contributed by atoms with E-state index < -0.39 is 12.2 Å². The van der Waals surface area contributed by atoms with E-state index in [1.807, 2.05) is 19.1 Å². The van der Waals surface area contributed by atoms with Crippen LogP contribution in [0.25, 0.3) is 0 Å². The van der Waals surface area contributed by atoms with Gasteiger partial charge >= 0.3 is 12.2 Å². The minimum Gasteiger partial charge on any atom is -0.450 e. The smallest absolute Gasteiger partial charge is 0.450 e. The molecule has 20 heavy (non-hydrogen) atoms. The average molecular weight is 281 g/mol. The number of rotatable bonds is 7. The first-order valence-corrected chi connectivity index (χ1v) is 6.50. The summed E-state index contributed by atoms with van der Waals surface area (Å²) in [7, 11) is 0. The van der Waals surface area contributed by atoms with Crippen molar-refractivity contribution in [3.63, 3.8) is 0 Å². The first kappa shape index (κ1) is 15.8. The Hall–Kier alpha value is -2.24. The summed E-state index contributed by atoms with van der Waals surface area (Å²) >= 11 is 0. The number of aryl methyl sites for hydroxylation is 1. The standard InChI is InChI=1S/C14H19NO5/c1-2-9-19-13(16)15-12-7-5-11(6-8-12)4-3-10-20-14(17)18/h5-8H,2-4,9-10H2,1H3,(H,15,16)(H,17,18). The lowest BCUT2D eigenvalue weighted by molar-refractivity contribution is 0.0907. The summed E-state index contributed by atoms with van der Waals surface area (Å²) in [5.74, 6) is 0. The normalized spacial score (nSPS) is 9.85. The van der Waals surface area contributed by atoms with Gasteiger partial charge in [-0.2, -0.15) is 0 Å². The van der Waals surface area contributed by atoms with Crippen molar-refractivity contribution >= 4 is 17.9 Å². The van der Waals surface area contributed by atoms with Gasteiger partial charge in [0.2, 0.25) is 0 Å². The summed E-state index contributed by atoms with van der Waals surface area (Å²) in [6, 6.07) is 7.30. The number of hydrogen-bond donors (Lipinski definition) is 2. The molecular formula is C14H19NO5. The maximum atomic E-state index is 11.3. The number of anilines is 1. The molecule has 0 radical (unpaired) electrons. The van der Waals surface area contributed by atoms with Gasteiger partial charge in [0, 0.05) is 5.69 Å². The highest BCUT2D eigenvalue weighted by Gasteiger charge is 2.02. The van der Waals surface area contributed by atoms with E-state index in [1.54, 1.807) is 12.1 Å². The minimum absolute atomic E-state index is 0.179. The Bertz CT molecular complexity index is 430. The topological polar surface area (TPSA) is 84.9 Å². The van der Waals surface area contributed by atoms with E-state index in [-0.39, 0.29) is 6.61 Å². The Kier molecular flexibility index (Phi) is 6.95. The van der Waals surface area contributed by atoms with Gasteiger partial charge in [0.05, 0.1) is 13.2 Å². The summed E-state index contributed by atoms with van der Waals surface area (Å²) in [6.45, 7) is 2.50. The van der Waals surface area contributed by atoms with Gasteiger partial charge in [-0.25, -0.2) is 9.59 Å². The second kappa shape index (κ2) is 8.79. The molecule has 0 unspecified atom stereocenters. The molecule has 0 atom stereocenters. The number of ether oxygens (including phenoxy) is 2. The molecule has 1 aromatic rings. The number of hydrogen-bond acceptors (Lipinski definition) is 4. The lowest BCUT2D eigenvalue weighted by Gasteiger charge is -2.07. The van der Waals surface area contributed by atoms with E-state index in [4.69, 9.17) is 9.84 Å². The van der Waals surface area contributed by atoms with E-state index in [2.05, 4.69) is 10.1 Å².